The molecule has 76 valence electrons. The van der Waals surface area contributed by atoms with Gasteiger partial charge < -0.3 is 4.57 Å². The molecule has 0 N–H and O–H groups in total. The van der Waals surface area contributed by atoms with Crippen LogP contribution in [-0.4, -0.2) is 9.55 Å². The molecule has 2 rings (SSSR count). The molecular weight excluding hydrogens is 188 g/mol. The van der Waals surface area contributed by atoms with Crippen LogP contribution in [0.25, 0.3) is 0 Å². The van der Waals surface area contributed by atoms with Gasteiger partial charge in [0.1, 0.15) is 0 Å². The summed E-state index contributed by atoms with van der Waals surface area (Å²) in [6, 6.07) is 9.03. The van der Waals surface area contributed by atoms with E-state index in [1.54, 1.807) is 29.1 Å². The van der Waals surface area contributed by atoms with E-state index in [4.69, 9.17) is 0 Å². The molecule has 0 radical (unpaired) electrons. The highest BCUT2D eigenvalue weighted by molar-refractivity contribution is 5.18. The normalized spacial score (nSPS) is 10.2. The van der Waals surface area contributed by atoms with Gasteiger partial charge in [0.15, 0.2) is 0 Å². The maximum atomic E-state index is 11.5. The quantitative estimate of drug-likeness (QED) is 0.738. The van der Waals surface area contributed by atoms with Gasteiger partial charge in [-0.1, -0.05) is 12.1 Å². The molecule has 2 aromatic rings. The molecule has 0 fully saturated rings. The Morgan fingerprint density at radius 3 is 2.87 bits per heavy atom. The first-order valence-electron chi connectivity index (χ1n) is 4.83. The van der Waals surface area contributed by atoms with Crippen molar-refractivity contribution in [2.24, 2.45) is 0 Å². The Morgan fingerprint density at radius 2 is 2.13 bits per heavy atom. The summed E-state index contributed by atoms with van der Waals surface area (Å²) in [5.74, 6) is 0. The highest BCUT2D eigenvalue weighted by atomic mass is 16.1. The Balaban J connectivity index is 2.34. The number of nitrogens with zero attached hydrogens (tertiary/aromatic N) is 2. The fraction of sp³-hybridized carbons (Fsp3) is 0.167. The third-order valence-electron chi connectivity index (χ3n) is 2.34. The van der Waals surface area contributed by atoms with Crippen molar-refractivity contribution in [3.8, 4) is 0 Å². The van der Waals surface area contributed by atoms with Crippen molar-refractivity contribution in [3.05, 3.63) is 64.3 Å². The van der Waals surface area contributed by atoms with Crippen molar-refractivity contribution < 1.29 is 0 Å². The number of rotatable bonds is 2. The van der Waals surface area contributed by atoms with Crippen LogP contribution in [0.15, 0.2) is 47.5 Å². The third-order valence-corrected chi connectivity index (χ3v) is 2.34. The Bertz CT molecular complexity index is 517. The van der Waals surface area contributed by atoms with E-state index in [9.17, 15) is 4.79 Å². The fourth-order valence-corrected chi connectivity index (χ4v) is 1.44. The molecule has 3 heteroatoms. The van der Waals surface area contributed by atoms with E-state index in [2.05, 4.69) is 4.98 Å². The summed E-state index contributed by atoms with van der Waals surface area (Å²) in [7, 11) is 0. The second-order valence-corrected chi connectivity index (χ2v) is 3.43. The van der Waals surface area contributed by atoms with E-state index >= 15 is 0 Å². The highest BCUT2D eigenvalue weighted by Crippen LogP contribution is 2.03. The van der Waals surface area contributed by atoms with Crippen LogP contribution in [0.3, 0.4) is 0 Å². The molecular formula is C12H12N2O. The van der Waals surface area contributed by atoms with E-state index in [1.165, 1.54) is 0 Å². The van der Waals surface area contributed by atoms with Gasteiger partial charge >= 0.3 is 0 Å². The van der Waals surface area contributed by atoms with Gasteiger partial charge in [-0.2, -0.15) is 0 Å². The summed E-state index contributed by atoms with van der Waals surface area (Å²) < 4.78 is 1.65. The van der Waals surface area contributed by atoms with Crippen LogP contribution in [-0.2, 0) is 6.54 Å². The second kappa shape index (κ2) is 4.09. The van der Waals surface area contributed by atoms with E-state index < -0.39 is 0 Å². The molecule has 0 aromatic carbocycles. The minimum atomic E-state index is 0.00236. The van der Waals surface area contributed by atoms with Crippen LogP contribution in [0.5, 0.6) is 0 Å². The molecule has 0 bridgehead atoms. The first kappa shape index (κ1) is 9.65. The predicted molar refractivity (Wildman–Crippen MR) is 58.8 cm³/mol. The average molecular weight is 200 g/mol. The zero-order chi connectivity index (χ0) is 10.7. The first-order chi connectivity index (χ1) is 7.27. The molecule has 15 heavy (non-hydrogen) atoms. The van der Waals surface area contributed by atoms with Crippen LogP contribution in [0.4, 0.5) is 0 Å². The molecule has 0 saturated carbocycles. The van der Waals surface area contributed by atoms with Crippen molar-refractivity contribution in [2.75, 3.05) is 0 Å². The first-order valence-corrected chi connectivity index (χ1v) is 4.83. The summed E-state index contributed by atoms with van der Waals surface area (Å²) in [4.78, 5) is 15.7. The van der Waals surface area contributed by atoms with Crippen LogP contribution in [0.2, 0.25) is 0 Å². The van der Waals surface area contributed by atoms with Gasteiger partial charge in [-0.15, -0.1) is 0 Å². The third kappa shape index (κ3) is 2.13. The van der Waals surface area contributed by atoms with Crippen LogP contribution >= 0.6 is 0 Å². The molecule has 2 heterocycles. The van der Waals surface area contributed by atoms with Gasteiger partial charge in [-0.3, -0.25) is 9.78 Å². The average Bonchev–Trinajstić information content (AvgIpc) is 2.24. The van der Waals surface area contributed by atoms with Gasteiger partial charge in [-0.05, 0) is 24.6 Å². The Morgan fingerprint density at radius 1 is 1.27 bits per heavy atom. The lowest BCUT2D eigenvalue weighted by molar-refractivity contribution is 0.734. The lowest BCUT2D eigenvalue weighted by Crippen LogP contribution is -2.19. The van der Waals surface area contributed by atoms with Gasteiger partial charge in [0, 0.05) is 18.5 Å². The minimum Gasteiger partial charge on any atom is -0.310 e. The largest absolute Gasteiger partial charge is 0.310 e. The number of hydrogen-bond donors (Lipinski definition) is 0. The van der Waals surface area contributed by atoms with E-state index in [0.717, 1.165) is 11.3 Å². The van der Waals surface area contributed by atoms with Crippen molar-refractivity contribution in [3.63, 3.8) is 0 Å². The van der Waals surface area contributed by atoms with Gasteiger partial charge in [0.25, 0.3) is 5.56 Å². The second-order valence-electron chi connectivity index (χ2n) is 3.43. The molecule has 0 spiro atoms. The summed E-state index contributed by atoms with van der Waals surface area (Å²) in [5.41, 5.74) is 2.04. The lowest BCUT2D eigenvalue weighted by Gasteiger charge is -2.06. The summed E-state index contributed by atoms with van der Waals surface area (Å²) in [6.07, 6.45) is 3.52. The molecule has 0 amide bonds. The molecule has 0 saturated heterocycles. The Kier molecular flexibility index (Phi) is 2.63. The Labute approximate surface area is 88.0 Å². The topological polar surface area (TPSA) is 34.9 Å². The summed E-state index contributed by atoms with van der Waals surface area (Å²) in [6.45, 7) is 2.53. The zero-order valence-corrected chi connectivity index (χ0v) is 8.55. The molecule has 0 atom stereocenters. The molecule has 0 aliphatic carbocycles. The number of hydrogen-bond acceptors (Lipinski definition) is 2. The molecule has 2 aromatic heterocycles. The van der Waals surface area contributed by atoms with Crippen molar-refractivity contribution in [2.45, 2.75) is 13.5 Å². The highest BCUT2D eigenvalue weighted by Gasteiger charge is 2.00. The van der Waals surface area contributed by atoms with Crippen LogP contribution in [0, 0.1) is 6.92 Å². The van der Waals surface area contributed by atoms with Gasteiger partial charge in [0.2, 0.25) is 0 Å². The van der Waals surface area contributed by atoms with E-state index in [0.29, 0.717) is 6.54 Å². The molecule has 0 aliphatic heterocycles. The Hall–Kier alpha value is -1.90. The van der Waals surface area contributed by atoms with Crippen molar-refractivity contribution in [1.29, 1.82) is 0 Å². The van der Waals surface area contributed by atoms with Gasteiger partial charge in [-0.25, -0.2) is 0 Å². The van der Waals surface area contributed by atoms with Gasteiger partial charge in [0.05, 0.1) is 12.2 Å². The van der Waals surface area contributed by atoms with Crippen LogP contribution in [0.1, 0.15) is 11.3 Å². The molecule has 0 unspecified atom stereocenters. The number of aromatic nitrogens is 2. The van der Waals surface area contributed by atoms with Crippen molar-refractivity contribution in [1.82, 2.24) is 9.55 Å². The van der Waals surface area contributed by atoms with E-state index in [-0.39, 0.29) is 5.56 Å². The molecule has 0 aliphatic rings. The monoisotopic (exact) mass is 200 g/mol. The SMILES string of the molecule is Cc1cccnc1Cn1ccccc1=O. The van der Waals surface area contributed by atoms with Crippen LogP contribution < -0.4 is 5.56 Å². The summed E-state index contributed by atoms with van der Waals surface area (Å²) in [5, 5.41) is 0. The maximum Gasteiger partial charge on any atom is 0.250 e. The summed E-state index contributed by atoms with van der Waals surface area (Å²) >= 11 is 0. The smallest absolute Gasteiger partial charge is 0.250 e. The predicted octanol–water partition coefficient (Wildman–Crippen LogP) is 1.60. The lowest BCUT2D eigenvalue weighted by atomic mass is 10.2. The zero-order valence-electron chi connectivity index (χ0n) is 8.55. The number of aryl methyl sites for hydroxylation is 1. The van der Waals surface area contributed by atoms with E-state index in [1.807, 2.05) is 25.1 Å². The van der Waals surface area contributed by atoms with Crippen molar-refractivity contribution >= 4 is 0 Å². The minimum absolute atomic E-state index is 0.00236. The number of pyridine rings is 2. The molecule has 3 nitrogen and oxygen atoms in total. The standard InChI is InChI=1S/C12H12N2O/c1-10-5-4-7-13-11(10)9-14-8-3-2-6-12(14)15/h2-8H,9H2,1H3. The fourth-order valence-electron chi connectivity index (χ4n) is 1.44. The maximum absolute atomic E-state index is 11.5.